The summed E-state index contributed by atoms with van der Waals surface area (Å²) in [5, 5.41) is 3.27. The third kappa shape index (κ3) is 5.36. The molecule has 1 atom stereocenters. The van der Waals surface area contributed by atoms with Crippen LogP contribution >= 0.6 is 0 Å². The van der Waals surface area contributed by atoms with Gasteiger partial charge in [-0.1, -0.05) is 27.7 Å². The van der Waals surface area contributed by atoms with Crippen molar-refractivity contribution < 1.29 is 9.53 Å². The molecular formula is C14H28N2O2. The fraction of sp³-hybridized carbons (Fsp3) is 0.929. The standard InChI is InChI=1S/C14H28N2O2/c1-11(2)5-7-18-8-6-16-10-15-13(14(16)17)9-12(3)4/h11-13,15H,5-10H2,1-4H3. The van der Waals surface area contributed by atoms with Crippen LogP contribution in [0.3, 0.4) is 0 Å². The van der Waals surface area contributed by atoms with Crippen LogP contribution < -0.4 is 5.32 Å². The smallest absolute Gasteiger partial charge is 0.240 e. The van der Waals surface area contributed by atoms with Gasteiger partial charge >= 0.3 is 0 Å². The lowest BCUT2D eigenvalue weighted by Crippen LogP contribution is -2.33. The highest BCUT2D eigenvalue weighted by atomic mass is 16.5. The molecule has 0 radical (unpaired) electrons. The van der Waals surface area contributed by atoms with Gasteiger partial charge in [-0.05, 0) is 24.7 Å². The average molecular weight is 256 g/mol. The first-order valence-electron chi connectivity index (χ1n) is 7.10. The Morgan fingerprint density at radius 2 is 2.00 bits per heavy atom. The molecule has 1 aliphatic heterocycles. The van der Waals surface area contributed by atoms with Crippen molar-refractivity contribution in [3.63, 3.8) is 0 Å². The average Bonchev–Trinajstić information content (AvgIpc) is 2.60. The van der Waals surface area contributed by atoms with E-state index in [0.717, 1.165) is 19.4 Å². The molecule has 18 heavy (non-hydrogen) atoms. The SMILES string of the molecule is CC(C)CCOCCN1CNC(CC(C)C)C1=O. The highest BCUT2D eigenvalue weighted by molar-refractivity contribution is 5.83. The fourth-order valence-electron chi connectivity index (χ4n) is 2.05. The number of ether oxygens (including phenoxy) is 1. The van der Waals surface area contributed by atoms with E-state index in [2.05, 4.69) is 33.0 Å². The molecule has 0 aromatic heterocycles. The molecule has 1 aliphatic rings. The maximum absolute atomic E-state index is 12.0. The molecule has 0 aromatic carbocycles. The van der Waals surface area contributed by atoms with Crippen LogP contribution in [0, 0.1) is 11.8 Å². The largest absolute Gasteiger partial charge is 0.380 e. The molecule has 0 aliphatic carbocycles. The van der Waals surface area contributed by atoms with Crippen molar-refractivity contribution in [3.8, 4) is 0 Å². The normalized spacial score (nSPS) is 20.4. The predicted octanol–water partition coefficient (Wildman–Crippen LogP) is 1.85. The molecule has 1 unspecified atom stereocenters. The summed E-state index contributed by atoms with van der Waals surface area (Å²) in [6.45, 7) is 11.5. The summed E-state index contributed by atoms with van der Waals surface area (Å²) >= 11 is 0. The number of carbonyl (C=O) groups is 1. The van der Waals surface area contributed by atoms with E-state index in [4.69, 9.17) is 4.74 Å². The van der Waals surface area contributed by atoms with E-state index in [9.17, 15) is 4.79 Å². The molecule has 0 bridgehead atoms. The number of hydrogen-bond acceptors (Lipinski definition) is 3. The number of rotatable bonds is 8. The van der Waals surface area contributed by atoms with E-state index in [1.165, 1.54) is 0 Å². The minimum atomic E-state index is 0.0145. The Hall–Kier alpha value is -0.610. The lowest BCUT2D eigenvalue weighted by atomic mass is 10.0. The second kappa shape index (κ2) is 7.74. The van der Waals surface area contributed by atoms with Gasteiger partial charge in [0.25, 0.3) is 0 Å². The Labute approximate surface area is 111 Å². The molecule has 4 heteroatoms. The maximum atomic E-state index is 12.0. The van der Waals surface area contributed by atoms with Gasteiger partial charge < -0.3 is 9.64 Å². The highest BCUT2D eigenvalue weighted by Crippen LogP contribution is 2.12. The molecule has 0 aromatic rings. The Morgan fingerprint density at radius 3 is 2.61 bits per heavy atom. The Balaban J connectivity index is 2.14. The van der Waals surface area contributed by atoms with E-state index in [0.29, 0.717) is 31.7 Å². The summed E-state index contributed by atoms with van der Waals surface area (Å²) in [6.07, 6.45) is 2.01. The topological polar surface area (TPSA) is 41.6 Å². The van der Waals surface area contributed by atoms with Crippen LogP contribution in [0.15, 0.2) is 0 Å². The molecule has 1 N–H and O–H groups in total. The Bertz CT molecular complexity index is 254. The first kappa shape index (κ1) is 15.4. The van der Waals surface area contributed by atoms with E-state index in [-0.39, 0.29) is 11.9 Å². The first-order chi connectivity index (χ1) is 8.50. The zero-order chi connectivity index (χ0) is 13.5. The number of carbonyl (C=O) groups excluding carboxylic acids is 1. The van der Waals surface area contributed by atoms with Gasteiger partial charge in [0, 0.05) is 13.2 Å². The predicted molar refractivity (Wildman–Crippen MR) is 73.2 cm³/mol. The van der Waals surface area contributed by atoms with Gasteiger partial charge in [0.15, 0.2) is 0 Å². The van der Waals surface area contributed by atoms with E-state index >= 15 is 0 Å². The fourth-order valence-corrected chi connectivity index (χ4v) is 2.05. The third-order valence-electron chi connectivity index (χ3n) is 3.19. The third-order valence-corrected chi connectivity index (χ3v) is 3.19. The summed E-state index contributed by atoms with van der Waals surface area (Å²) in [5.74, 6) is 1.46. The van der Waals surface area contributed by atoms with Crippen molar-refractivity contribution in [3.05, 3.63) is 0 Å². The van der Waals surface area contributed by atoms with Crippen LogP contribution in [-0.2, 0) is 9.53 Å². The minimum absolute atomic E-state index is 0.0145. The quantitative estimate of drug-likeness (QED) is 0.674. The van der Waals surface area contributed by atoms with E-state index in [1.54, 1.807) is 0 Å². The lowest BCUT2D eigenvalue weighted by Gasteiger charge is -2.16. The van der Waals surface area contributed by atoms with Gasteiger partial charge in [-0.25, -0.2) is 0 Å². The zero-order valence-corrected chi connectivity index (χ0v) is 12.2. The summed E-state index contributed by atoms with van der Waals surface area (Å²) in [5.41, 5.74) is 0. The van der Waals surface area contributed by atoms with Crippen molar-refractivity contribution in [2.24, 2.45) is 11.8 Å². The number of amides is 1. The maximum Gasteiger partial charge on any atom is 0.240 e. The Morgan fingerprint density at radius 1 is 1.28 bits per heavy atom. The van der Waals surface area contributed by atoms with Crippen molar-refractivity contribution in [2.75, 3.05) is 26.4 Å². The number of nitrogens with one attached hydrogen (secondary N) is 1. The van der Waals surface area contributed by atoms with Gasteiger partial charge in [-0.2, -0.15) is 0 Å². The van der Waals surface area contributed by atoms with Crippen LogP contribution in [0.1, 0.15) is 40.5 Å². The minimum Gasteiger partial charge on any atom is -0.380 e. The number of nitrogens with zero attached hydrogens (tertiary/aromatic N) is 1. The second-order valence-corrected chi connectivity index (χ2v) is 5.94. The zero-order valence-electron chi connectivity index (χ0n) is 12.2. The van der Waals surface area contributed by atoms with Crippen LogP contribution in [0.4, 0.5) is 0 Å². The molecular weight excluding hydrogens is 228 g/mol. The van der Waals surface area contributed by atoms with Crippen LogP contribution in [0.2, 0.25) is 0 Å². The van der Waals surface area contributed by atoms with Gasteiger partial charge in [-0.3, -0.25) is 10.1 Å². The first-order valence-corrected chi connectivity index (χ1v) is 7.10. The van der Waals surface area contributed by atoms with Crippen LogP contribution in [0.5, 0.6) is 0 Å². The molecule has 1 rings (SSSR count). The van der Waals surface area contributed by atoms with Gasteiger partial charge in [0.05, 0.1) is 19.3 Å². The molecule has 1 heterocycles. The monoisotopic (exact) mass is 256 g/mol. The number of hydrogen-bond donors (Lipinski definition) is 1. The molecule has 1 fully saturated rings. The summed E-state index contributed by atoms with van der Waals surface area (Å²) in [6, 6.07) is 0.0145. The Kier molecular flexibility index (Phi) is 6.65. The summed E-state index contributed by atoms with van der Waals surface area (Å²) in [7, 11) is 0. The van der Waals surface area contributed by atoms with Crippen LogP contribution in [-0.4, -0.2) is 43.3 Å². The molecule has 0 spiro atoms. The van der Waals surface area contributed by atoms with Crippen molar-refractivity contribution in [2.45, 2.75) is 46.6 Å². The highest BCUT2D eigenvalue weighted by Gasteiger charge is 2.30. The molecule has 0 saturated carbocycles. The molecule has 1 amide bonds. The molecule has 106 valence electrons. The van der Waals surface area contributed by atoms with E-state index < -0.39 is 0 Å². The van der Waals surface area contributed by atoms with Gasteiger partial charge in [0.2, 0.25) is 5.91 Å². The molecule has 4 nitrogen and oxygen atoms in total. The second-order valence-electron chi connectivity index (χ2n) is 5.94. The van der Waals surface area contributed by atoms with Crippen molar-refractivity contribution in [1.82, 2.24) is 10.2 Å². The van der Waals surface area contributed by atoms with Gasteiger partial charge in [0.1, 0.15) is 0 Å². The summed E-state index contributed by atoms with van der Waals surface area (Å²) < 4.78 is 5.55. The van der Waals surface area contributed by atoms with Gasteiger partial charge in [-0.15, -0.1) is 0 Å². The summed E-state index contributed by atoms with van der Waals surface area (Å²) in [4.78, 5) is 13.9. The van der Waals surface area contributed by atoms with Crippen molar-refractivity contribution >= 4 is 5.91 Å². The molecule has 1 saturated heterocycles. The van der Waals surface area contributed by atoms with E-state index in [1.807, 2.05) is 4.90 Å². The lowest BCUT2D eigenvalue weighted by molar-refractivity contribution is -0.129. The van der Waals surface area contributed by atoms with Crippen molar-refractivity contribution in [1.29, 1.82) is 0 Å². The van der Waals surface area contributed by atoms with Crippen LogP contribution in [0.25, 0.3) is 0 Å².